The van der Waals surface area contributed by atoms with Crippen LogP contribution in [0.4, 0.5) is 5.69 Å². The zero-order chi connectivity index (χ0) is 30.5. The van der Waals surface area contributed by atoms with E-state index in [-0.39, 0.29) is 23.3 Å². The van der Waals surface area contributed by atoms with E-state index in [1.807, 2.05) is 71.0 Å². The van der Waals surface area contributed by atoms with Crippen molar-refractivity contribution in [3.05, 3.63) is 95.1 Å². The Morgan fingerprint density at radius 1 is 0.854 bits per heavy atom. The first-order chi connectivity index (χ1) is 19.1. The van der Waals surface area contributed by atoms with Crippen LogP contribution in [0.1, 0.15) is 69.7 Å². The number of hydrogen-bond acceptors (Lipinski definition) is 4. The first-order valence-electron chi connectivity index (χ1n) is 14.0. The second-order valence-corrected chi connectivity index (χ2v) is 13.8. The zero-order valence-corrected chi connectivity index (χ0v) is 26.2. The molecular weight excluding hydrogens is 534 g/mol. The fourth-order valence-electron chi connectivity index (χ4n) is 4.42. The van der Waals surface area contributed by atoms with Gasteiger partial charge in [0.15, 0.2) is 0 Å². The van der Waals surface area contributed by atoms with Crippen molar-refractivity contribution in [2.24, 2.45) is 0 Å². The van der Waals surface area contributed by atoms with Gasteiger partial charge in [-0.3, -0.25) is 13.9 Å². The molecule has 0 fully saturated rings. The van der Waals surface area contributed by atoms with Crippen molar-refractivity contribution in [2.75, 3.05) is 10.8 Å². The first-order valence-corrected chi connectivity index (χ1v) is 15.4. The molecular formula is C33H43N3O4S. The summed E-state index contributed by atoms with van der Waals surface area (Å²) in [5, 5.41) is 2.95. The molecule has 1 atom stereocenters. The van der Waals surface area contributed by atoms with E-state index in [0.29, 0.717) is 5.69 Å². The van der Waals surface area contributed by atoms with Crippen molar-refractivity contribution in [3.63, 3.8) is 0 Å². The fraction of sp³-hybridized carbons (Fsp3) is 0.394. The lowest BCUT2D eigenvalue weighted by molar-refractivity contribution is -0.140. The molecule has 41 heavy (non-hydrogen) atoms. The predicted molar refractivity (Wildman–Crippen MR) is 165 cm³/mol. The van der Waals surface area contributed by atoms with E-state index in [1.165, 1.54) is 4.90 Å². The van der Waals surface area contributed by atoms with Crippen molar-refractivity contribution in [1.82, 2.24) is 10.2 Å². The highest BCUT2D eigenvalue weighted by Crippen LogP contribution is 2.27. The van der Waals surface area contributed by atoms with E-state index in [4.69, 9.17) is 0 Å². The average molecular weight is 578 g/mol. The third kappa shape index (κ3) is 8.19. The van der Waals surface area contributed by atoms with Gasteiger partial charge in [0.25, 0.3) is 10.0 Å². The van der Waals surface area contributed by atoms with E-state index >= 15 is 0 Å². The number of hydrogen-bond donors (Lipinski definition) is 1. The molecule has 0 spiro atoms. The van der Waals surface area contributed by atoms with E-state index in [0.717, 1.165) is 26.6 Å². The third-order valence-corrected chi connectivity index (χ3v) is 8.79. The van der Waals surface area contributed by atoms with Crippen LogP contribution >= 0.6 is 0 Å². The summed E-state index contributed by atoms with van der Waals surface area (Å²) in [7, 11) is -4.10. The second-order valence-electron chi connectivity index (χ2n) is 11.9. The van der Waals surface area contributed by atoms with E-state index in [2.05, 4.69) is 19.2 Å². The van der Waals surface area contributed by atoms with Crippen molar-refractivity contribution in [3.8, 4) is 0 Å². The summed E-state index contributed by atoms with van der Waals surface area (Å²) in [6.07, 6.45) is 0. The van der Waals surface area contributed by atoms with Gasteiger partial charge in [-0.15, -0.1) is 0 Å². The minimum Gasteiger partial charge on any atom is -0.350 e. The van der Waals surface area contributed by atoms with Gasteiger partial charge in [0.1, 0.15) is 12.6 Å². The molecule has 3 aromatic carbocycles. The standard InChI is InChI=1S/C33H43N3O4S/c1-23(2)27-15-17-29(18-16-27)36(41(39,40)30-19-13-24(3)14-20-30)22-31(37)35(21-28-12-10-9-11-25(28)4)26(5)32(38)34-33(6,7)8/h9-20,23,26H,21-22H2,1-8H3,(H,34,38)/t26-/m1/s1. The first kappa shape index (κ1) is 31.9. The van der Waals surface area contributed by atoms with Gasteiger partial charge in [0.05, 0.1) is 10.6 Å². The summed E-state index contributed by atoms with van der Waals surface area (Å²) in [6.45, 7) is 15.0. The molecule has 0 aromatic heterocycles. The van der Waals surface area contributed by atoms with Crippen LogP contribution in [-0.4, -0.2) is 43.3 Å². The summed E-state index contributed by atoms with van der Waals surface area (Å²) in [5.74, 6) is -0.526. The van der Waals surface area contributed by atoms with Gasteiger partial charge in [0.2, 0.25) is 11.8 Å². The molecule has 0 aliphatic carbocycles. The number of amides is 2. The van der Waals surface area contributed by atoms with Gasteiger partial charge in [-0.2, -0.15) is 0 Å². The predicted octanol–water partition coefficient (Wildman–Crippen LogP) is 5.95. The lowest BCUT2D eigenvalue weighted by atomic mass is 10.0. The number of carbonyl (C=O) groups is 2. The Bertz CT molecular complexity index is 1460. The molecule has 1 N–H and O–H groups in total. The maximum Gasteiger partial charge on any atom is 0.264 e. The van der Waals surface area contributed by atoms with E-state index in [1.54, 1.807) is 43.3 Å². The van der Waals surface area contributed by atoms with E-state index in [9.17, 15) is 18.0 Å². The number of benzene rings is 3. The summed E-state index contributed by atoms with van der Waals surface area (Å²) in [5.41, 5.74) is 3.72. The molecule has 3 rings (SSSR count). The van der Waals surface area contributed by atoms with E-state index < -0.39 is 34.1 Å². The van der Waals surface area contributed by atoms with Crippen LogP contribution in [0.15, 0.2) is 77.7 Å². The molecule has 0 saturated heterocycles. The minimum atomic E-state index is -4.10. The number of anilines is 1. The number of nitrogens with zero attached hydrogens (tertiary/aromatic N) is 2. The van der Waals surface area contributed by atoms with Crippen molar-refractivity contribution >= 4 is 27.5 Å². The molecule has 2 amide bonds. The molecule has 0 heterocycles. The van der Waals surface area contributed by atoms with Crippen LogP contribution in [0, 0.1) is 13.8 Å². The Morgan fingerprint density at radius 3 is 1.98 bits per heavy atom. The summed E-state index contributed by atoms with van der Waals surface area (Å²) in [4.78, 5) is 28.9. The maximum absolute atomic E-state index is 14.1. The SMILES string of the molecule is Cc1ccc(S(=O)(=O)N(CC(=O)N(Cc2ccccc2C)[C@H](C)C(=O)NC(C)(C)C)c2ccc(C(C)C)cc2)cc1. The Hall–Kier alpha value is -3.65. The van der Waals surface area contributed by atoms with Gasteiger partial charge >= 0.3 is 0 Å². The van der Waals surface area contributed by atoms with Crippen LogP contribution in [0.5, 0.6) is 0 Å². The topological polar surface area (TPSA) is 86.8 Å². The van der Waals surface area contributed by atoms with Crippen LogP contribution in [0.3, 0.4) is 0 Å². The smallest absolute Gasteiger partial charge is 0.264 e. The van der Waals surface area contributed by atoms with Crippen LogP contribution < -0.4 is 9.62 Å². The van der Waals surface area contributed by atoms with Crippen molar-refractivity contribution in [1.29, 1.82) is 0 Å². The second kappa shape index (κ2) is 12.9. The average Bonchev–Trinajstić information content (AvgIpc) is 2.90. The summed E-state index contributed by atoms with van der Waals surface area (Å²) >= 11 is 0. The molecule has 7 nitrogen and oxygen atoms in total. The highest BCUT2D eigenvalue weighted by molar-refractivity contribution is 7.92. The Balaban J connectivity index is 2.06. The van der Waals surface area contributed by atoms with Gasteiger partial charge < -0.3 is 10.2 Å². The molecule has 0 unspecified atom stereocenters. The van der Waals surface area contributed by atoms with Gasteiger partial charge in [-0.1, -0.05) is 67.9 Å². The monoisotopic (exact) mass is 577 g/mol. The molecule has 0 aliphatic rings. The molecule has 8 heteroatoms. The molecule has 3 aromatic rings. The summed E-state index contributed by atoms with van der Waals surface area (Å²) in [6, 6.07) is 20.6. The highest BCUT2D eigenvalue weighted by Gasteiger charge is 2.33. The zero-order valence-electron chi connectivity index (χ0n) is 25.4. The molecule has 220 valence electrons. The number of rotatable bonds is 10. The van der Waals surface area contributed by atoms with Crippen LogP contribution in [0.25, 0.3) is 0 Å². The van der Waals surface area contributed by atoms with Crippen LogP contribution in [0.2, 0.25) is 0 Å². The Kier molecular flexibility index (Phi) is 10.0. The Morgan fingerprint density at radius 2 is 1.44 bits per heavy atom. The molecule has 0 radical (unpaired) electrons. The number of carbonyl (C=O) groups excluding carboxylic acids is 2. The van der Waals surface area contributed by atoms with Gasteiger partial charge in [0, 0.05) is 12.1 Å². The van der Waals surface area contributed by atoms with Crippen molar-refractivity contribution in [2.45, 2.75) is 84.3 Å². The largest absolute Gasteiger partial charge is 0.350 e. The maximum atomic E-state index is 14.1. The fourth-order valence-corrected chi connectivity index (χ4v) is 5.83. The quantitative estimate of drug-likeness (QED) is 0.322. The number of sulfonamides is 1. The van der Waals surface area contributed by atoms with Gasteiger partial charge in [-0.25, -0.2) is 8.42 Å². The number of aryl methyl sites for hydroxylation is 2. The normalized spacial score (nSPS) is 12.6. The molecule has 0 aliphatic heterocycles. The minimum absolute atomic E-state index is 0.0906. The Labute approximate surface area is 245 Å². The molecule has 0 bridgehead atoms. The van der Waals surface area contributed by atoms with Crippen LogP contribution in [-0.2, 0) is 26.2 Å². The van der Waals surface area contributed by atoms with Gasteiger partial charge in [-0.05, 0) is 88.4 Å². The molecule has 0 saturated carbocycles. The lowest BCUT2D eigenvalue weighted by Crippen LogP contribution is -2.54. The highest BCUT2D eigenvalue weighted by atomic mass is 32.2. The third-order valence-electron chi connectivity index (χ3n) is 7.00. The summed E-state index contributed by atoms with van der Waals surface area (Å²) < 4.78 is 29.1. The van der Waals surface area contributed by atoms with Crippen molar-refractivity contribution < 1.29 is 18.0 Å². The lowest BCUT2D eigenvalue weighted by Gasteiger charge is -2.34. The number of nitrogens with one attached hydrogen (secondary N) is 1.